The molecule has 0 fully saturated rings. The maximum Gasteiger partial charge on any atom is 0.295 e. The molecule has 0 bridgehead atoms. The summed E-state index contributed by atoms with van der Waals surface area (Å²) in [5.74, 6) is 0.248. The lowest BCUT2D eigenvalue weighted by Gasteiger charge is -2.14. The van der Waals surface area contributed by atoms with E-state index in [2.05, 4.69) is 22.5 Å². The summed E-state index contributed by atoms with van der Waals surface area (Å²) in [6.07, 6.45) is 12.1. The Kier molecular flexibility index (Phi) is 3.76. The number of nitrogens with one attached hydrogen (secondary N) is 1. The van der Waals surface area contributed by atoms with Crippen molar-refractivity contribution in [1.29, 1.82) is 0 Å². The van der Waals surface area contributed by atoms with Crippen molar-refractivity contribution in [3.63, 3.8) is 0 Å². The number of hydrogen-bond acceptors (Lipinski definition) is 3. The van der Waals surface area contributed by atoms with Gasteiger partial charge in [0.1, 0.15) is 5.69 Å². The molecule has 2 heterocycles. The molecule has 1 aliphatic carbocycles. The van der Waals surface area contributed by atoms with Gasteiger partial charge < -0.3 is 5.32 Å². The van der Waals surface area contributed by atoms with Crippen LogP contribution in [-0.2, 0) is 7.05 Å². The first-order valence-electron chi connectivity index (χ1n) is 8.35. The SMILES string of the molecule is Cc1c(N/C=C2/C=NC3C=CC=CC23)c(=O)n(-c2ccccc2)n1C. The van der Waals surface area contributed by atoms with E-state index in [1.54, 1.807) is 4.68 Å². The van der Waals surface area contributed by atoms with E-state index in [1.807, 2.05) is 73.6 Å². The molecule has 126 valence electrons. The molecule has 0 radical (unpaired) electrons. The number of benzene rings is 1. The van der Waals surface area contributed by atoms with E-state index in [1.165, 1.54) is 0 Å². The second kappa shape index (κ2) is 6.09. The summed E-state index contributed by atoms with van der Waals surface area (Å²) in [6, 6.07) is 9.83. The second-order valence-corrected chi connectivity index (χ2v) is 6.29. The number of hydrogen-bond donors (Lipinski definition) is 1. The van der Waals surface area contributed by atoms with E-state index in [9.17, 15) is 4.79 Å². The standard InChI is InChI=1S/C20H20N4O/c1-14-19(20(25)24(23(14)2)16-8-4-3-5-9-16)22-13-15-12-21-18-11-7-6-10-17(15)18/h3-13,17-18,22H,1-2H3/b15-13-. The number of fused-ring (bicyclic) bond motifs is 1. The van der Waals surface area contributed by atoms with E-state index < -0.39 is 0 Å². The third-order valence-corrected chi connectivity index (χ3v) is 4.82. The van der Waals surface area contributed by atoms with Crippen LogP contribution >= 0.6 is 0 Å². The lowest BCUT2D eigenvalue weighted by atomic mass is 9.92. The molecule has 2 aliphatic rings. The average molecular weight is 332 g/mol. The molecule has 0 saturated carbocycles. The molecule has 1 N–H and O–H groups in total. The van der Waals surface area contributed by atoms with Crippen LogP contribution in [0.4, 0.5) is 5.69 Å². The van der Waals surface area contributed by atoms with Crippen molar-refractivity contribution in [2.45, 2.75) is 13.0 Å². The van der Waals surface area contributed by atoms with Gasteiger partial charge >= 0.3 is 0 Å². The maximum atomic E-state index is 12.9. The highest BCUT2D eigenvalue weighted by atomic mass is 16.1. The smallest absolute Gasteiger partial charge is 0.295 e. The second-order valence-electron chi connectivity index (χ2n) is 6.29. The van der Waals surface area contributed by atoms with Crippen molar-refractivity contribution < 1.29 is 0 Å². The van der Waals surface area contributed by atoms with Crippen LogP contribution in [-0.4, -0.2) is 21.6 Å². The van der Waals surface area contributed by atoms with Gasteiger partial charge in [-0.05, 0) is 24.6 Å². The normalized spacial score (nSPS) is 22.6. The zero-order valence-electron chi connectivity index (χ0n) is 14.3. The number of aromatic nitrogens is 2. The Morgan fingerprint density at radius 3 is 2.72 bits per heavy atom. The molecule has 4 rings (SSSR count). The largest absolute Gasteiger partial charge is 0.355 e. The fourth-order valence-electron chi connectivity index (χ4n) is 3.33. The Hall–Kier alpha value is -3.08. The first-order chi connectivity index (χ1) is 12.2. The average Bonchev–Trinajstić information content (AvgIpc) is 3.14. The topological polar surface area (TPSA) is 51.3 Å². The van der Waals surface area contributed by atoms with E-state index in [0.29, 0.717) is 5.69 Å². The van der Waals surface area contributed by atoms with Crippen LogP contribution in [0.5, 0.6) is 0 Å². The molecule has 5 heteroatoms. The van der Waals surface area contributed by atoms with Gasteiger partial charge in [-0.2, -0.15) is 0 Å². The third-order valence-electron chi connectivity index (χ3n) is 4.82. The predicted octanol–water partition coefficient (Wildman–Crippen LogP) is 2.98. The highest BCUT2D eigenvalue weighted by Gasteiger charge is 2.25. The summed E-state index contributed by atoms with van der Waals surface area (Å²) in [5.41, 5.74) is 3.34. The maximum absolute atomic E-state index is 12.9. The minimum absolute atomic E-state index is 0.0615. The number of rotatable bonds is 3. The lowest BCUT2D eigenvalue weighted by molar-refractivity contribution is 0.630. The van der Waals surface area contributed by atoms with Crippen molar-refractivity contribution >= 4 is 11.9 Å². The summed E-state index contributed by atoms with van der Waals surface area (Å²) < 4.78 is 3.54. The van der Waals surface area contributed by atoms with Gasteiger partial charge in [0.2, 0.25) is 0 Å². The monoisotopic (exact) mass is 332 g/mol. The van der Waals surface area contributed by atoms with Gasteiger partial charge in [0, 0.05) is 25.4 Å². The summed E-state index contributed by atoms with van der Waals surface area (Å²) in [6.45, 7) is 1.94. The highest BCUT2D eigenvalue weighted by molar-refractivity contribution is 5.84. The van der Waals surface area contributed by atoms with Crippen LogP contribution in [0.3, 0.4) is 0 Å². The molecule has 5 nitrogen and oxygen atoms in total. The molecule has 1 aromatic heterocycles. The van der Waals surface area contributed by atoms with Gasteiger partial charge in [0.25, 0.3) is 5.56 Å². The number of anilines is 1. The molecule has 0 spiro atoms. The van der Waals surface area contributed by atoms with Crippen LogP contribution in [0.25, 0.3) is 5.69 Å². The molecule has 1 aromatic carbocycles. The lowest BCUT2D eigenvalue weighted by Crippen LogP contribution is -2.20. The Morgan fingerprint density at radius 1 is 1.16 bits per heavy atom. The molecule has 2 atom stereocenters. The summed E-state index contributed by atoms with van der Waals surface area (Å²) in [7, 11) is 1.89. The molecule has 2 unspecified atom stereocenters. The van der Waals surface area contributed by atoms with E-state index in [0.717, 1.165) is 17.0 Å². The van der Waals surface area contributed by atoms with Crippen LogP contribution in [0.2, 0.25) is 0 Å². The quantitative estimate of drug-likeness (QED) is 0.939. The van der Waals surface area contributed by atoms with Gasteiger partial charge in [0.15, 0.2) is 0 Å². The van der Waals surface area contributed by atoms with E-state index in [4.69, 9.17) is 0 Å². The molecule has 25 heavy (non-hydrogen) atoms. The molecule has 0 amide bonds. The third kappa shape index (κ3) is 2.58. The first-order valence-corrected chi connectivity index (χ1v) is 8.35. The molecular formula is C20H20N4O. The highest BCUT2D eigenvalue weighted by Crippen LogP contribution is 2.28. The van der Waals surface area contributed by atoms with Crippen LogP contribution in [0.15, 0.2) is 76.2 Å². The number of para-hydroxylation sites is 1. The Labute approximate surface area is 146 Å². The van der Waals surface area contributed by atoms with Gasteiger partial charge in [-0.25, -0.2) is 4.68 Å². The minimum atomic E-state index is -0.0615. The molecule has 0 saturated heterocycles. The van der Waals surface area contributed by atoms with Crippen molar-refractivity contribution in [3.8, 4) is 5.69 Å². The van der Waals surface area contributed by atoms with Crippen LogP contribution < -0.4 is 10.9 Å². The van der Waals surface area contributed by atoms with Crippen molar-refractivity contribution in [3.05, 3.63) is 82.5 Å². The summed E-state index contributed by atoms with van der Waals surface area (Å²) in [4.78, 5) is 17.4. The predicted molar refractivity (Wildman–Crippen MR) is 102 cm³/mol. The number of aliphatic imine (C=N–C) groups is 1. The van der Waals surface area contributed by atoms with E-state index in [-0.39, 0.29) is 17.5 Å². The van der Waals surface area contributed by atoms with Crippen molar-refractivity contribution in [1.82, 2.24) is 9.36 Å². The fourth-order valence-corrected chi connectivity index (χ4v) is 3.33. The Balaban J connectivity index is 1.68. The van der Waals surface area contributed by atoms with Crippen molar-refractivity contribution in [2.24, 2.45) is 18.0 Å². The Bertz CT molecular complexity index is 973. The molecular weight excluding hydrogens is 312 g/mol. The van der Waals surface area contributed by atoms with Crippen molar-refractivity contribution in [2.75, 3.05) is 5.32 Å². The molecule has 2 aromatic rings. The van der Waals surface area contributed by atoms with Crippen LogP contribution in [0, 0.1) is 12.8 Å². The number of nitrogens with zero attached hydrogens (tertiary/aromatic N) is 3. The zero-order valence-corrected chi connectivity index (χ0v) is 14.3. The summed E-state index contributed by atoms with van der Waals surface area (Å²) >= 11 is 0. The Morgan fingerprint density at radius 2 is 1.92 bits per heavy atom. The first kappa shape index (κ1) is 15.4. The zero-order chi connectivity index (χ0) is 17.4. The molecule has 1 aliphatic heterocycles. The summed E-state index contributed by atoms with van der Waals surface area (Å²) in [5, 5.41) is 3.22. The van der Waals surface area contributed by atoms with Crippen LogP contribution in [0.1, 0.15) is 5.69 Å². The minimum Gasteiger partial charge on any atom is -0.355 e. The van der Waals surface area contributed by atoms with Gasteiger partial charge in [0.05, 0.1) is 17.4 Å². The fraction of sp³-hybridized carbons (Fsp3) is 0.200. The van der Waals surface area contributed by atoms with Gasteiger partial charge in [-0.15, -0.1) is 0 Å². The van der Waals surface area contributed by atoms with Gasteiger partial charge in [-0.3, -0.25) is 14.5 Å². The van der Waals surface area contributed by atoms with Gasteiger partial charge in [-0.1, -0.05) is 42.5 Å². The number of allylic oxidation sites excluding steroid dienone is 2. The van der Waals surface area contributed by atoms with E-state index >= 15 is 0 Å².